The molecule has 2 aliphatic rings. The van der Waals surface area contributed by atoms with Crippen molar-refractivity contribution < 1.29 is 4.79 Å². The van der Waals surface area contributed by atoms with E-state index in [4.69, 9.17) is 0 Å². The number of piperazine rings is 1. The van der Waals surface area contributed by atoms with Gasteiger partial charge >= 0.3 is 0 Å². The van der Waals surface area contributed by atoms with Crippen molar-refractivity contribution in [3.63, 3.8) is 0 Å². The standard InChI is InChI=1S/C19H26N4OS/c24-18(19(5-1-2-6-19)17-4-3-15-25-17)23-13-11-21(12-14-23)9-10-22-8-7-20-16-22/h3-4,7-8,15-16H,1-2,5-6,9-14H2. The maximum absolute atomic E-state index is 13.4. The average molecular weight is 359 g/mol. The van der Waals surface area contributed by atoms with Crippen LogP contribution in [0.4, 0.5) is 0 Å². The fraction of sp³-hybridized carbons (Fsp3) is 0.579. The fourth-order valence-electron chi connectivity index (χ4n) is 4.25. The summed E-state index contributed by atoms with van der Waals surface area (Å²) >= 11 is 1.75. The normalized spacial score (nSPS) is 20.9. The highest BCUT2D eigenvalue weighted by atomic mass is 32.1. The lowest BCUT2D eigenvalue weighted by molar-refractivity contribution is -0.139. The van der Waals surface area contributed by atoms with Crippen LogP contribution in [0.25, 0.3) is 0 Å². The number of hydrogen-bond acceptors (Lipinski definition) is 4. The summed E-state index contributed by atoms with van der Waals surface area (Å²) < 4.78 is 2.11. The van der Waals surface area contributed by atoms with Gasteiger partial charge in [-0.15, -0.1) is 11.3 Å². The van der Waals surface area contributed by atoms with Crippen molar-refractivity contribution >= 4 is 17.2 Å². The number of carbonyl (C=O) groups excluding carboxylic acids is 1. The maximum Gasteiger partial charge on any atom is 0.234 e. The van der Waals surface area contributed by atoms with Crippen LogP contribution in [0.3, 0.4) is 0 Å². The molecule has 2 aromatic heterocycles. The lowest BCUT2D eigenvalue weighted by Crippen LogP contribution is -2.54. The first-order chi connectivity index (χ1) is 12.3. The second-order valence-electron chi connectivity index (χ2n) is 7.20. The lowest BCUT2D eigenvalue weighted by atomic mass is 9.82. The number of rotatable bonds is 5. The SMILES string of the molecule is O=C(N1CCN(CCn2ccnc2)CC1)C1(c2cccs2)CCCC1. The van der Waals surface area contributed by atoms with Crippen molar-refractivity contribution in [1.82, 2.24) is 19.4 Å². The third-order valence-corrected chi connectivity index (χ3v) is 6.83. The average Bonchev–Trinajstić information content (AvgIpc) is 3.42. The largest absolute Gasteiger partial charge is 0.339 e. The quantitative estimate of drug-likeness (QED) is 0.825. The molecule has 3 heterocycles. The van der Waals surface area contributed by atoms with E-state index < -0.39 is 0 Å². The van der Waals surface area contributed by atoms with Gasteiger partial charge < -0.3 is 9.47 Å². The van der Waals surface area contributed by atoms with Crippen molar-refractivity contribution in [2.75, 3.05) is 32.7 Å². The second kappa shape index (κ2) is 7.30. The van der Waals surface area contributed by atoms with Gasteiger partial charge in [0.2, 0.25) is 5.91 Å². The number of amides is 1. The van der Waals surface area contributed by atoms with E-state index in [9.17, 15) is 4.79 Å². The van der Waals surface area contributed by atoms with E-state index in [1.165, 1.54) is 17.7 Å². The number of thiophene rings is 1. The molecular weight excluding hydrogens is 332 g/mol. The topological polar surface area (TPSA) is 41.4 Å². The first kappa shape index (κ1) is 16.8. The van der Waals surface area contributed by atoms with E-state index >= 15 is 0 Å². The van der Waals surface area contributed by atoms with Crippen LogP contribution in [0.15, 0.2) is 36.2 Å². The molecule has 2 fully saturated rings. The molecule has 0 N–H and O–H groups in total. The second-order valence-corrected chi connectivity index (χ2v) is 8.15. The minimum Gasteiger partial charge on any atom is -0.339 e. The Morgan fingerprint density at radius 2 is 1.96 bits per heavy atom. The molecular formula is C19H26N4OS. The van der Waals surface area contributed by atoms with Gasteiger partial charge in [-0.3, -0.25) is 9.69 Å². The van der Waals surface area contributed by atoms with Crippen LogP contribution in [0.1, 0.15) is 30.6 Å². The van der Waals surface area contributed by atoms with Gasteiger partial charge in [0.25, 0.3) is 0 Å². The molecule has 1 amide bonds. The zero-order chi connectivity index (χ0) is 17.1. The van der Waals surface area contributed by atoms with Gasteiger partial charge in [-0.2, -0.15) is 0 Å². The van der Waals surface area contributed by atoms with Crippen LogP contribution in [-0.4, -0.2) is 58.0 Å². The molecule has 1 saturated carbocycles. The molecule has 134 valence electrons. The molecule has 0 bridgehead atoms. The Labute approximate surface area is 153 Å². The van der Waals surface area contributed by atoms with Crippen LogP contribution >= 0.6 is 11.3 Å². The highest BCUT2D eigenvalue weighted by molar-refractivity contribution is 7.10. The van der Waals surface area contributed by atoms with Gasteiger partial charge in [0, 0.05) is 56.5 Å². The number of nitrogens with zero attached hydrogens (tertiary/aromatic N) is 4. The number of carbonyl (C=O) groups is 1. The van der Waals surface area contributed by atoms with Gasteiger partial charge in [-0.1, -0.05) is 18.9 Å². The summed E-state index contributed by atoms with van der Waals surface area (Å²) in [4.78, 5) is 23.3. The van der Waals surface area contributed by atoms with Crippen LogP contribution in [0.2, 0.25) is 0 Å². The Morgan fingerprint density at radius 1 is 1.16 bits per heavy atom. The maximum atomic E-state index is 13.4. The summed E-state index contributed by atoms with van der Waals surface area (Å²) in [5.74, 6) is 0.377. The highest BCUT2D eigenvalue weighted by Crippen LogP contribution is 2.44. The predicted octanol–water partition coefficient (Wildman–Crippen LogP) is 2.60. The Kier molecular flexibility index (Phi) is 4.90. The highest BCUT2D eigenvalue weighted by Gasteiger charge is 2.46. The molecule has 25 heavy (non-hydrogen) atoms. The number of hydrogen-bond donors (Lipinski definition) is 0. The summed E-state index contributed by atoms with van der Waals surface area (Å²) in [5.41, 5.74) is -0.229. The summed E-state index contributed by atoms with van der Waals surface area (Å²) in [6.07, 6.45) is 10.1. The molecule has 0 unspecified atom stereocenters. The molecule has 0 atom stereocenters. The van der Waals surface area contributed by atoms with Crippen molar-refractivity contribution in [3.05, 3.63) is 41.1 Å². The van der Waals surface area contributed by atoms with Crippen molar-refractivity contribution in [1.29, 1.82) is 0 Å². The van der Waals surface area contributed by atoms with Crippen LogP contribution < -0.4 is 0 Å². The summed E-state index contributed by atoms with van der Waals surface area (Å²) in [7, 11) is 0. The zero-order valence-electron chi connectivity index (χ0n) is 14.6. The molecule has 5 nitrogen and oxygen atoms in total. The third kappa shape index (κ3) is 3.37. The van der Waals surface area contributed by atoms with E-state index in [0.717, 1.165) is 52.1 Å². The van der Waals surface area contributed by atoms with Gasteiger partial charge in [-0.05, 0) is 24.3 Å². The van der Waals surface area contributed by atoms with Crippen molar-refractivity contribution in [3.8, 4) is 0 Å². The molecule has 0 spiro atoms. The van der Waals surface area contributed by atoms with Gasteiger partial charge in [-0.25, -0.2) is 4.98 Å². The Hall–Kier alpha value is -1.66. The molecule has 0 radical (unpaired) electrons. The summed E-state index contributed by atoms with van der Waals surface area (Å²) in [6.45, 7) is 5.65. The van der Waals surface area contributed by atoms with Crippen LogP contribution in [0, 0.1) is 0 Å². The third-order valence-electron chi connectivity index (χ3n) is 5.75. The van der Waals surface area contributed by atoms with Gasteiger partial charge in [0.1, 0.15) is 0 Å². The minimum absolute atomic E-state index is 0.229. The van der Waals surface area contributed by atoms with E-state index in [0.29, 0.717) is 5.91 Å². The molecule has 4 rings (SSSR count). The summed E-state index contributed by atoms with van der Waals surface area (Å²) in [6, 6.07) is 4.25. The summed E-state index contributed by atoms with van der Waals surface area (Å²) in [5, 5.41) is 2.11. The van der Waals surface area contributed by atoms with Gasteiger partial charge in [0.05, 0.1) is 11.7 Å². The molecule has 1 saturated heterocycles. The fourth-order valence-corrected chi connectivity index (χ4v) is 5.23. The Morgan fingerprint density at radius 3 is 2.60 bits per heavy atom. The lowest BCUT2D eigenvalue weighted by Gasteiger charge is -2.39. The van der Waals surface area contributed by atoms with Crippen LogP contribution in [0.5, 0.6) is 0 Å². The minimum atomic E-state index is -0.229. The smallest absolute Gasteiger partial charge is 0.234 e. The first-order valence-electron chi connectivity index (χ1n) is 9.29. The van der Waals surface area contributed by atoms with Crippen molar-refractivity contribution in [2.45, 2.75) is 37.6 Å². The molecule has 0 aromatic carbocycles. The van der Waals surface area contributed by atoms with E-state index in [1.54, 1.807) is 11.3 Å². The number of aromatic nitrogens is 2. The van der Waals surface area contributed by atoms with Gasteiger partial charge in [0.15, 0.2) is 0 Å². The monoisotopic (exact) mass is 358 g/mol. The first-order valence-corrected chi connectivity index (χ1v) is 10.2. The zero-order valence-corrected chi connectivity index (χ0v) is 15.5. The molecule has 2 aromatic rings. The molecule has 1 aliphatic heterocycles. The van der Waals surface area contributed by atoms with E-state index in [-0.39, 0.29) is 5.41 Å². The van der Waals surface area contributed by atoms with Crippen LogP contribution in [-0.2, 0) is 16.8 Å². The van der Waals surface area contributed by atoms with E-state index in [1.807, 2.05) is 18.7 Å². The number of imidazole rings is 1. The molecule has 1 aliphatic carbocycles. The van der Waals surface area contributed by atoms with Crippen molar-refractivity contribution in [2.24, 2.45) is 0 Å². The Bertz CT molecular complexity index is 668. The van der Waals surface area contributed by atoms with E-state index in [2.05, 4.69) is 36.9 Å². The Balaban J connectivity index is 1.36. The molecule has 6 heteroatoms. The predicted molar refractivity (Wildman–Crippen MR) is 99.7 cm³/mol.